The van der Waals surface area contributed by atoms with E-state index >= 15 is 0 Å². The lowest BCUT2D eigenvalue weighted by Gasteiger charge is -2.04. The Kier molecular flexibility index (Phi) is 3.10. The van der Waals surface area contributed by atoms with E-state index in [0.29, 0.717) is 23.6 Å². The Hall–Kier alpha value is -2.62. The summed E-state index contributed by atoms with van der Waals surface area (Å²) in [5.74, 6) is -0.0257. The number of aryl methyl sites for hydroxylation is 2. The molecule has 1 amide bonds. The van der Waals surface area contributed by atoms with Crippen molar-refractivity contribution in [3.63, 3.8) is 0 Å². The number of aromatic nitrogens is 4. The summed E-state index contributed by atoms with van der Waals surface area (Å²) in [7, 11) is 0. The van der Waals surface area contributed by atoms with Gasteiger partial charge in [-0.3, -0.25) is 14.6 Å². The number of hydrogen-bond donors (Lipinski definition) is 2. The van der Waals surface area contributed by atoms with Crippen molar-refractivity contribution in [2.75, 3.05) is 5.32 Å². The molecule has 0 aliphatic carbocycles. The van der Waals surface area contributed by atoms with E-state index in [1.54, 1.807) is 10.7 Å². The van der Waals surface area contributed by atoms with Gasteiger partial charge in [0.25, 0.3) is 5.91 Å². The third-order valence-electron chi connectivity index (χ3n) is 2.43. The molecule has 2 N–H and O–H groups in total. The van der Waals surface area contributed by atoms with E-state index in [9.17, 15) is 4.79 Å². The fraction of sp³-hybridized carbons (Fsp3) is 0.273. The van der Waals surface area contributed by atoms with Crippen molar-refractivity contribution >= 4 is 11.7 Å². The van der Waals surface area contributed by atoms with E-state index in [0.717, 1.165) is 5.69 Å². The fourth-order valence-corrected chi connectivity index (χ4v) is 1.61. The molecule has 2 aromatic heterocycles. The molecule has 0 aliphatic heterocycles. The molecule has 18 heavy (non-hydrogen) atoms. The molecule has 0 atom stereocenters. The molecule has 7 nitrogen and oxygen atoms in total. The molecule has 0 spiro atoms. The highest BCUT2D eigenvalue weighted by Crippen LogP contribution is 2.12. The molecule has 0 unspecified atom stereocenters. The highest BCUT2D eigenvalue weighted by molar-refractivity contribution is 6.03. The van der Waals surface area contributed by atoms with Crippen LogP contribution in [0.3, 0.4) is 0 Å². The van der Waals surface area contributed by atoms with E-state index in [-0.39, 0.29) is 5.91 Å². The largest absolute Gasteiger partial charge is 0.304 e. The van der Waals surface area contributed by atoms with E-state index in [1.807, 2.05) is 19.9 Å². The molecule has 7 heteroatoms. The summed E-state index contributed by atoms with van der Waals surface area (Å²) in [5.41, 5.74) is 1.52. The summed E-state index contributed by atoms with van der Waals surface area (Å²) in [6, 6.07) is 3.63. The molecule has 2 heterocycles. The van der Waals surface area contributed by atoms with Crippen LogP contribution in [-0.2, 0) is 6.54 Å². The number of nitrogens with zero attached hydrogens (tertiary/aromatic N) is 4. The number of H-pyrrole nitrogens is 1. The second-order valence-electron chi connectivity index (χ2n) is 3.71. The maximum Gasteiger partial charge on any atom is 0.275 e. The summed E-state index contributed by atoms with van der Waals surface area (Å²) < 4.78 is 1.60. The first kappa shape index (κ1) is 11.9. The van der Waals surface area contributed by atoms with Crippen molar-refractivity contribution < 1.29 is 4.79 Å². The van der Waals surface area contributed by atoms with E-state index < -0.39 is 0 Å². The normalized spacial score (nSPS) is 10.1. The van der Waals surface area contributed by atoms with Gasteiger partial charge in [-0.05, 0) is 19.9 Å². The highest BCUT2D eigenvalue weighted by atomic mass is 16.2. The lowest BCUT2D eigenvalue weighted by molar-refractivity contribution is 0.101. The minimum atomic E-state index is -0.321. The van der Waals surface area contributed by atoms with Crippen molar-refractivity contribution in [1.82, 2.24) is 20.0 Å². The Labute approximate surface area is 103 Å². The average molecular weight is 244 g/mol. The summed E-state index contributed by atoms with van der Waals surface area (Å²) in [6.07, 6.45) is 1.36. The van der Waals surface area contributed by atoms with Crippen molar-refractivity contribution in [1.29, 1.82) is 5.26 Å². The molecule has 0 bridgehead atoms. The van der Waals surface area contributed by atoms with E-state index in [1.165, 1.54) is 6.20 Å². The Morgan fingerprint density at radius 1 is 1.67 bits per heavy atom. The van der Waals surface area contributed by atoms with Crippen LogP contribution in [0.1, 0.15) is 28.7 Å². The van der Waals surface area contributed by atoms with Crippen LogP contribution in [0, 0.1) is 18.3 Å². The van der Waals surface area contributed by atoms with Gasteiger partial charge in [-0.25, -0.2) is 0 Å². The second-order valence-corrected chi connectivity index (χ2v) is 3.71. The van der Waals surface area contributed by atoms with Crippen LogP contribution < -0.4 is 5.32 Å². The number of nitriles is 1. The topological polar surface area (TPSA) is 99.4 Å². The van der Waals surface area contributed by atoms with Crippen LogP contribution in [0.25, 0.3) is 0 Å². The summed E-state index contributed by atoms with van der Waals surface area (Å²) in [5, 5.41) is 21.9. The van der Waals surface area contributed by atoms with Crippen molar-refractivity contribution in [3.05, 3.63) is 29.2 Å². The Bertz CT molecular complexity index is 618. The molecule has 2 aromatic rings. The van der Waals surface area contributed by atoms with Crippen LogP contribution >= 0.6 is 0 Å². The molecule has 0 aromatic carbocycles. The highest BCUT2D eigenvalue weighted by Gasteiger charge is 2.15. The van der Waals surface area contributed by atoms with Gasteiger partial charge < -0.3 is 5.32 Å². The quantitative estimate of drug-likeness (QED) is 0.843. The van der Waals surface area contributed by atoms with E-state index in [4.69, 9.17) is 5.26 Å². The third kappa shape index (κ3) is 2.08. The molecular formula is C11H12N6O. The summed E-state index contributed by atoms with van der Waals surface area (Å²) in [4.78, 5) is 12.0. The number of anilines is 1. The van der Waals surface area contributed by atoms with Gasteiger partial charge in [0.15, 0.2) is 0 Å². The molecule has 0 aliphatic rings. The molecule has 0 radical (unpaired) electrons. The maximum absolute atomic E-state index is 12.0. The fourth-order valence-electron chi connectivity index (χ4n) is 1.61. The number of amides is 1. The minimum absolute atomic E-state index is 0.294. The number of aromatic amines is 1. The molecule has 92 valence electrons. The van der Waals surface area contributed by atoms with Crippen molar-refractivity contribution in [3.8, 4) is 6.07 Å². The van der Waals surface area contributed by atoms with E-state index in [2.05, 4.69) is 20.6 Å². The standard InChI is InChI=1S/C11H12N6O/c1-3-17-9(4-7(2)16-17)11(18)14-10-8(5-12)6-13-15-10/h4,6H,3H2,1-2H3,(H2,13,14,15,18). The predicted molar refractivity (Wildman–Crippen MR) is 63.9 cm³/mol. The Morgan fingerprint density at radius 3 is 3.11 bits per heavy atom. The van der Waals surface area contributed by atoms with Crippen LogP contribution in [-0.4, -0.2) is 25.9 Å². The molecule has 0 saturated carbocycles. The van der Waals surface area contributed by atoms with Gasteiger partial charge in [0, 0.05) is 6.54 Å². The predicted octanol–water partition coefficient (Wildman–Crippen LogP) is 1.06. The third-order valence-corrected chi connectivity index (χ3v) is 2.43. The summed E-state index contributed by atoms with van der Waals surface area (Å²) >= 11 is 0. The lowest BCUT2D eigenvalue weighted by Crippen LogP contribution is -2.18. The van der Waals surface area contributed by atoms with Crippen LogP contribution in [0.15, 0.2) is 12.3 Å². The van der Waals surface area contributed by atoms with Gasteiger partial charge in [0.2, 0.25) is 0 Å². The first-order valence-electron chi connectivity index (χ1n) is 5.45. The van der Waals surface area contributed by atoms with Gasteiger partial charge in [0.1, 0.15) is 23.1 Å². The SMILES string of the molecule is CCn1nc(C)cc1C(=O)Nc1[nH]ncc1C#N. The number of rotatable bonds is 3. The average Bonchev–Trinajstić information content (AvgIpc) is 2.94. The smallest absolute Gasteiger partial charge is 0.275 e. The second kappa shape index (κ2) is 4.71. The molecule has 0 fully saturated rings. The number of hydrogen-bond acceptors (Lipinski definition) is 4. The van der Waals surface area contributed by atoms with Crippen molar-refractivity contribution in [2.24, 2.45) is 0 Å². The Balaban J connectivity index is 2.25. The van der Waals surface area contributed by atoms with Crippen molar-refractivity contribution in [2.45, 2.75) is 20.4 Å². The van der Waals surface area contributed by atoms with Crippen LogP contribution in [0.2, 0.25) is 0 Å². The zero-order valence-corrected chi connectivity index (χ0v) is 10.1. The number of carbonyl (C=O) groups excluding carboxylic acids is 1. The maximum atomic E-state index is 12.0. The first-order chi connectivity index (χ1) is 8.65. The minimum Gasteiger partial charge on any atom is -0.304 e. The molecule has 2 rings (SSSR count). The lowest BCUT2D eigenvalue weighted by atomic mass is 10.3. The van der Waals surface area contributed by atoms with Gasteiger partial charge in [-0.1, -0.05) is 0 Å². The van der Waals surface area contributed by atoms with Gasteiger partial charge in [0.05, 0.1) is 11.9 Å². The monoisotopic (exact) mass is 244 g/mol. The summed E-state index contributed by atoms with van der Waals surface area (Å²) in [6.45, 7) is 4.32. The van der Waals surface area contributed by atoms with Gasteiger partial charge >= 0.3 is 0 Å². The number of nitrogens with one attached hydrogen (secondary N) is 2. The molecular weight excluding hydrogens is 232 g/mol. The Morgan fingerprint density at radius 2 is 2.44 bits per heavy atom. The van der Waals surface area contributed by atoms with Crippen LogP contribution in [0.4, 0.5) is 5.82 Å². The van der Waals surface area contributed by atoms with Gasteiger partial charge in [-0.15, -0.1) is 0 Å². The zero-order valence-electron chi connectivity index (χ0n) is 10.1. The first-order valence-corrected chi connectivity index (χ1v) is 5.45. The molecule has 0 saturated heterocycles. The van der Waals surface area contributed by atoms with Crippen LogP contribution in [0.5, 0.6) is 0 Å². The zero-order chi connectivity index (χ0) is 13.1. The number of carbonyl (C=O) groups is 1. The van der Waals surface area contributed by atoms with Gasteiger partial charge in [-0.2, -0.15) is 15.5 Å².